The maximum Gasteiger partial charge on any atom is 0.416 e. The lowest BCUT2D eigenvalue weighted by molar-refractivity contribution is -0.137. The Morgan fingerprint density at radius 3 is 2.68 bits per heavy atom. The van der Waals surface area contributed by atoms with Gasteiger partial charge in [0.05, 0.1) is 10.9 Å². The molecule has 1 amide bonds. The van der Waals surface area contributed by atoms with Gasteiger partial charge in [0, 0.05) is 12.1 Å². The van der Waals surface area contributed by atoms with Gasteiger partial charge in [0.2, 0.25) is 0 Å². The summed E-state index contributed by atoms with van der Waals surface area (Å²) in [4.78, 5) is 11.7. The predicted octanol–water partition coefficient (Wildman–Crippen LogP) is 3.84. The van der Waals surface area contributed by atoms with E-state index in [4.69, 9.17) is 11.6 Å². The minimum atomic E-state index is -4.45. The van der Waals surface area contributed by atoms with Crippen LogP contribution in [0.15, 0.2) is 24.3 Å². The first-order chi connectivity index (χ1) is 8.84. The summed E-state index contributed by atoms with van der Waals surface area (Å²) >= 11 is 5.92. The molecule has 0 fully saturated rings. The number of carbonyl (C=O) groups is 1. The van der Waals surface area contributed by atoms with E-state index in [1.807, 2.05) is 6.92 Å². The molecule has 0 radical (unpaired) electrons. The van der Waals surface area contributed by atoms with Crippen molar-refractivity contribution in [3.05, 3.63) is 35.4 Å². The molecule has 1 rings (SSSR count). The Hall–Kier alpha value is -1.23. The lowest BCUT2D eigenvalue weighted by Gasteiger charge is -2.11. The molecular weight excluding hydrogens is 279 g/mol. The Kier molecular flexibility index (Phi) is 5.66. The summed E-state index contributed by atoms with van der Waals surface area (Å²) < 4.78 is 37.5. The third kappa shape index (κ3) is 5.11. The number of amides is 1. The molecule has 19 heavy (non-hydrogen) atoms. The van der Waals surface area contributed by atoms with Gasteiger partial charge >= 0.3 is 6.18 Å². The van der Waals surface area contributed by atoms with Crippen molar-refractivity contribution >= 4 is 17.5 Å². The van der Waals surface area contributed by atoms with Crippen molar-refractivity contribution in [3.63, 3.8) is 0 Å². The van der Waals surface area contributed by atoms with E-state index in [9.17, 15) is 18.0 Å². The second-order valence-electron chi connectivity index (χ2n) is 4.17. The molecule has 0 aromatic heterocycles. The number of hydrogen-bond donors (Lipinski definition) is 1. The Morgan fingerprint density at radius 1 is 1.42 bits per heavy atom. The molecule has 0 heterocycles. The fourth-order valence-electron chi connectivity index (χ4n) is 1.56. The molecule has 0 saturated carbocycles. The van der Waals surface area contributed by atoms with Crippen molar-refractivity contribution in [2.24, 2.45) is 0 Å². The van der Waals surface area contributed by atoms with Gasteiger partial charge in [-0.1, -0.05) is 19.4 Å². The van der Waals surface area contributed by atoms with Gasteiger partial charge in [-0.05, 0) is 24.6 Å². The van der Waals surface area contributed by atoms with Crippen LogP contribution in [0.2, 0.25) is 0 Å². The number of rotatable bonds is 5. The molecule has 1 aromatic rings. The van der Waals surface area contributed by atoms with Crippen molar-refractivity contribution in [3.8, 4) is 0 Å². The molecule has 1 unspecified atom stereocenters. The van der Waals surface area contributed by atoms with E-state index in [2.05, 4.69) is 5.32 Å². The van der Waals surface area contributed by atoms with E-state index >= 15 is 0 Å². The average molecular weight is 294 g/mol. The van der Waals surface area contributed by atoms with Gasteiger partial charge in [0.25, 0.3) is 5.91 Å². The third-order valence-electron chi connectivity index (χ3n) is 2.54. The number of alkyl halides is 4. The maximum atomic E-state index is 12.5. The summed E-state index contributed by atoms with van der Waals surface area (Å²) in [5, 5.41) is 2.32. The van der Waals surface area contributed by atoms with Crippen molar-refractivity contribution in [2.45, 2.75) is 31.3 Å². The first-order valence-corrected chi connectivity index (χ1v) is 6.37. The van der Waals surface area contributed by atoms with E-state index in [-0.39, 0.29) is 17.5 Å². The van der Waals surface area contributed by atoms with Crippen molar-refractivity contribution < 1.29 is 18.0 Å². The van der Waals surface area contributed by atoms with Crippen molar-refractivity contribution in [1.29, 1.82) is 0 Å². The summed E-state index contributed by atoms with van der Waals surface area (Å²) in [6.07, 6.45) is -2.83. The summed E-state index contributed by atoms with van der Waals surface area (Å²) in [6.45, 7) is 2.20. The molecule has 0 saturated heterocycles. The number of benzene rings is 1. The molecule has 106 valence electrons. The summed E-state index contributed by atoms with van der Waals surface area (Å²) in [6, 6.07) is 4.31. The zero-order valence-electron chi connectivity index (χ0n) is 10.4. The van der Waals surface area contributed by atoms with Crippen LogP contribution in [-0.2, 0) is 6.18 Å². The van der Waals surface area contributed by atoms with Crippen LogP contribution in [0, 0.1) is 0 Å². The van der Waals surface area contributed by atoms with Gasteiger partial charge in [-0.2, -0.15) is 13.2 Å². The highest BCUT2D eigenvalue weighted by molar-refractivity contribution is 6.20. The van der Waals surface area contributed by atoms with Gasteiger partial charge in [-0.15, -0.1) is 11.6 Å². The molecule has 1 aromatic carbocycles. The lowest BCUT2D eigenvalue weighted by atomic mass is 10.1. The molecule has 6 heteroatoms. The third-order valence-corrected chi connectivity index (χ3v) is 2.91. The van der Waals surface area contributed by atoms with Gasteiger partial charge in [0.1, 0.15) is 0 Å². The van der Waals surface area contributed by atoms with Crippen LogP contribution in [0.3, 0.4) is 0 Å². The first kappa shape index (κ1) is 15.8. The number of carbonyl (C=O) groups excluding carboxylic acids is 1. The molecule has 1 atom stereocenters. The fourth-order valence-corrected chi connectivity index (χ4v) is 1.85. The quantitative estimate of drug-likeness (QED) is 0.821. The zero-order chi connectivity index (χ0) is 14.5. The standard InChI is InChI=1S/C13H15ClF3NO/c1-2-4-11(14)8-18-12(19)9-5-3-6-10(7-9)13(15,16)17/h3,5-7,11H,2,4,8H2,1H3,(H,18,19). The van der Waals surface area contributed by atoms with Crippen molar-refractivity contribution in [2.75, 3.05) is 6.54 Å². The lowest BCUT2D eigenvalue weighted by Crippen LogP contribution is -2.29. The number of nitrogens with one attached hydrogen (secondary N) is 1. The molecule has 2 nitrogen and oxygen atoms in total. The van der Waals surface area contributed by atoms with Crippen LogP contribution >= 0.6 is 11.6 Å². The molecule has 0 aliphatic rings. The Bertz CT molecular complexity index is 434. The van der Waals surface area contributed by atoms with E-state index in [1.165, 1.54) is 12.1 Å². The summed E-state index contributed by atoms with van der Waals surface area (Å²) in [5.41, 5.74) is -0.855. The highest BCUT2D eigenvalue weighted by atomic mass is 35.5. The molecule has 0 spiro atoms. The molecule has 1 N–H and O–H groups in total. The SMILES string of the molecule is CCCC(Cl)CNC(=O)c1cccc(C(F)(F)F)c1. The van der Waals surface area contributed by atoms with E-state index < -0.39 is 17.6 Å². The highest BCUT2D eigenvalue weighted by Gasteiger charge is 2.30. The smallest absolute Gasteiger partial charge is 0.351 e. The second kappa shape index (κ2) is 6.80. The van der Waals surface area contributed by atoms with E-state index in [0.717, 1.165) is 25.0 Å². The Labute approximate surface area is 114 Å². The van der Waals surface area contributed by atoms with Crippen molar-refractivity contribution in [1.82, 2.24) is 5.32 Å². The van der Waals surface area contributed by atoms with E-state index in [0.29, 0.717) is 0 Å². The summed E-state index contributed by atoms with van der Waals surface area (Å²) in [5.74, 6) is -0.548. The largest absolute Gasteiger partial charge is 0.416 e. The molecular formula is C13H15ClF3NO. The van der Waals surface area contributed by atoms with Crippen LogP contribution in [0.5, 0.6) is 0 Å². The minimum Gasteiger partial charge on any atom is -0.351 e. The van der Waals surface area contributed by atoms with Crippen LogP contribution < -0.4 is 5.32 Å². The molecule has 0 aliphatic carbocycles. The number of halogens is 4. The Morgan fingerprint density at radius 2 is 2.11 bits per heavy atom. The molecule has 0 aliphatic heterocycles. The molecule has 0 bridgehead atoms. The maximum absolute atomic E-state index is 12.5. The van der Waals surface area contributed by atoms with Crippen LogP contribution in [-0.4, -0.2) is 17.8 Å². The topological polar surface area (TPSA) is 29.1 Å². The number of hydrogen-bond acceptors (Lipinski definition) is 1. The first-order valence-electron chi connectivity index (χ1n) is 5.94. The van der Waals surface area contributed by atoms with Gasteiger partial charge in [0.15, 0.2) is 0 Å². The highest BCUT2D eigenvalue weighted by Crippen LogP contribution is 2.29. The normalized spacial score (nSPS) is 13.1. The summed E-state index contributed by atoms with van der Waals surface area (Å²) in [7, 11) is 0. The second-order valence-corrected chi connectivity index (χ2v) is 4.79. The van der Waals surface area contributed by atoms with Gasteiger partial charge < -0.3 is 5.32 Å². The van der Waals surface area contributed by atoms with Crippen LogP contribution in [0.4, 0.5) is 13.2 Å². The van der Waals surface area contributed by atoms with Gasteiger partial charge in [-0.25, -0.2) is 0 Å². The monoisotopic (exact) mass is 293 g/mol. The minimum absolute atomic E-state index is 0.0183. The Balaban J connectivity index is 2.67. The fraction of sp³-hybridized carbons (Fsp3) is 0.462. The van der Waals surface area contributed by atoms with Crippen LogP contribution in [0.25, 0.3) is 0 Å². The average Bonchev–Trinajstić information content (AvgIpc) is 2.35. The van der Waals surface area contributed by atoms with Gasteiger partial charge in [-0.3, -0.25) is 4.79 Å². The van der Waals surface area contributed by atoms with E-state index in [1.54, 1.807) is 0 Å². The van der Waals surface area contributed by atoms with Crippen LogP contribution in [0.1, 0.15) is 35.7 Å². The predicted molar refractivity (Wildman–Crippen MR) is 68.3 cm³/mol. The zero-order valence-corrected chi connectivity index (χ0v) is 11.2.